The Kier molecular flexibility index (Phi) is 7.30. The standard InChI is InChI=1S/C27H26F3N3O5/c1-5-37-25(35)17-13-33(21-10-9-14(28)11-18(21)29)24-16(23(17)34)12-19(30)22(32-24)15-7-6-8-20(15)31-26(36)38-27(2,3)4/h9-13H,5-8H2,1-4H3,(H,31,36). The molecule has 0 saturated carbocycles. The van der Waals surface area contributed by atoms with Gasteiger partial charge in [-0.3, -0.25) is 14.7 Å². The molecule has 0 radical (unpaired) electrons. The summed E-state index contributed by atoms with van der Waals surface area (Å²) in [7, 11) is 0. The number of rotatable bonds is 5. The molecule has 4 rings (SSSR count). The number of pyridine rings is 2. The first-order valence-electron chi connectivity index (χ1n) is 12.0. The van der Waals surface area contributed by atoms with E-state index in [9.17, 15) is 23.2 Å². The van der Waals surface area contributed by atoms with Gasteiger partial charge in [-0.05, 0) is 65.2 Å². The SMILES string of the molecule is CCOC(=O)c1cn(-c2ccc(F)cc2F)c2nc(C3=C(NC(=O)OC(C)(C)C)CCC3)c(F)cc2c1=O. The number of aromatic nitrogens is 2. The van der Waals surface area contributed by atoms with Crippen LogP contribution in [0.4, 0.5) is 18.0 Å². The van der Waals surface area contributed by atoms with Crippen molar-refractivity contribution >= 4 is 28.7 Å². The van der Waals surface area contributed by atoms with Gasteiger partial charge in [0.25, 0.3) is 0 Å². The van der Waals surface area contributed by atoms with Gasteiger partial charge in [-0.25, -0.2) is 27.7 Å². The highest BCUT2D eigenvalue weighted by Crippen LogP contribution is 2.34. The van der Waals surface area contributed by atoms with Crippen molar-refractivity contribution in [2.75, 3.05) is 6.61 Å². The smallest absolute Gasteiger partial charge is 0.411 e. The number of hydrogen-bond donors (Lipinski definition) is 1. The third kappa shape index (κ3) is 5.41. The number of amides is 1. The highest BCUT2D eigenvalue weighted by Gasteiger charge is 2.27. The van der Waals surface area contributed by atoms with Crippen molar-refractivity contribution in [2.24, 2.45) is 0 Å². The number of hydrogen-bond acceptors (Lipinski definition) is 6. The molecule has 0 saturated heterocycles. The summed E-state index contributed by atoms with van der Waals surface area (Å²) < 4.78 is 55.2. The van der Waals surface area contributed by atoms with Crippen LogP contribution in [-0.4, -0.2) is 33.8 Å². The minimum Gasteiger partial charge on any atom is -0.462 e. The molecule has 0 aliphatic heterocycles. The van der Waals surface area contributed by atoms with E-state index in [1.807, 2.05) is 0 Å². The highest BCUT2D eigenvalue weighted by atomic mass is 19.1. The summed E-state index contributed by atoms with van der Waals surface area (Å²) in [6.45, 7) is 6.63. The number of allylic oxidation sites excluding steroid dienone is 2. The van der Waals surface area contributed by atoms with Crippen molar-refractivity contribution in [1.29, 1.82) is 0 Å². The van der Waals surface area contributed by atoms with Crippen LogP contribution in [0.25, 0.3) is 22.3 Å². The molecule has 1 aliphatic rings. The van der Waals surface area contributed by atoms with Gasteiger partial charge < -0.3 is 9.47 Å². The molecule has 11 heteroatoms. The number of esters is 1. The lowest BCUT2D eigenvalue weighted by atomic mass is 10.1. The topological polar surface area (TPSA) is 99.5 Å². The number of benzene rings is 1. The third-order valence-corrected chi connectivity index (χ3v) is 5.75. The van der Waals surface area contributed by atoms with Crippen molar-refractivity contribution in [3.8, 4) is 5.69 Å². The summed E-state index contributed by atoms with van der Waals surface area (Å²) in [5, 5.41) is 2.35. The summed E-state index contributed by atoms with van der Waals surface area (Å²) in [6.07, 6.45) is 1.72. The normalized spacial score (nSPS) is 13.7. The van der Waals surface area contributed by atoms with Gasteiger partial charge in [0.1, 0.15) is 40.0 Å². The van der Waals surface area contributed by atoms with Gasteiger partial charge in [-0.15, -0.1) is 0 Å². The Hall–Kier alpha value is -4.15. The average Bonchev–Trinajstić information content (AvgIpc) is 3.26. The van der Waals surface area contributed by atoms with E-state index in [0.29, 0.717) is 36.6 Å². The molecule has 2 heterocycles. The summed E-state index contributed by atoms with van der Waals surface area (Å²) in [6, 6.07) is 3.66. The fourth-order valence-electron chi connectivity index (χ4n) is 4.22. The molecule has 8 nitrogen and oxygen atoms in total. The molecule has 38 heavy (non-hydrogen) atoms. The van der Waals surface area contributed by atoms with Crippen LogP contribution in [0, 0.1) is 17.5 Å². The van der Waals surface area contributed by atoms with E-state index in [1.165, 1.54) is 0 Å². The highest BCUT2D eigenvalue weighted by molar-refractivity contribution is 5.94. The second-order valence-electron chi connectivity index (χ2n) is 9.69. The Bertz CT molecular complexity index is 1540. The first-order chi connectivity index (χ1) is 17.9. The van der Waals surface area contributed by atoms with E-state index in [0.717, 1.165) is 29.0 Å². The third-order valence-electron chi connectivity index (χ3n) is 5.75. The van der Waals surface area contributed by atoms with E-state index < -0.39 is 46.1 Å². The molecule has 1 aromatic carbocycles. The zero-order valence-electron chi connectivity index (χ0n) is 21.3. The first kappa shape index (κ1) is 26.9. The molecular weight excluding hydrogens is 503 g/mol. The number of carbonyl (C=O) groups excluding carboxylic acids is 2. The summed E-state index contributed by atoms with van der Waals surface area (Å²) >= 11 is 0. The van der Waals surface area contributed by atoms with E-state index in [4.69, 9.17) is 9.47 Å². The lowest BCUT2D eigenvalue weighted by Gasteiger charge is -2.20. The molecule has 200 valence electrons. The van der Waals surface area contributed by atoms with Gasteiger partial charge in [0.15, 0.2) is 0 Å². The first-order valence-corrected chi connectivity index (χ1v) is 12.0. The lowest BCUT2D eigenvalue weighted by molar-refractivity contribution is 0.0520. The van der Waals surface area contributed by atoms with Crippen LogP contribution in [0.3, 0.4) is 0 Å². The van der Waals surface area contributed by atoms with Crippen molar-refractivity contribution in [3.05, 3.63) is 75.1 Å². The number of nitrogens with zero attached hydrogens (tertiary/aromatic N) is 2. The van der Waals surface area contributed by atoms with E-state index >= 15 is 4.39 Å². The second kappa shape index (κ2) is 10.3. The molecule has 2 aromatic heterocycles. The number of ether oxygens (including phenoxy) is 2. The Balaban J connectivity index is 1.95. The molecule has 0 bridgehead atoms. The predicted molar refractivity (Wildman–Crippen MR) is 133 cm³/mol. The number of halogens is 3. The van der Waals surface area contributed by atoms with Crippen molar-refractivity contribution in [3.63, 3.8) is 0 Å². The minimum absolute atomic E-state index is 0.0334. The van der Waals surface area contributed by atoms with Crippen LogP contribution in [0.15, 0.2) is 41.0 Å². The molecule has 1 amide bonds. The van der Waals surface area contributed by atoms with Crippen molar-refractivity contribution in [1.82, 2.24) is 14.9 Å². The number of alkyl carbamates (subject to hydrolysis) is 1. The summed E-state index contributed by atoms with van der Waals surface area (Å²) in [5.41, 5.74) is -1.81. The van der Waals surface area contributed by atoms with Crippen LogP contribution in [0.1, 0.15) is 63.0 Å². The molecule has 0 unspecified atom stereocenters. The monoisotopic (exact) mass is 529 g/mol. The van der Waals surface area contributed by atoms with E-state index in [-0.39, 0.29) is 29.0 Å². The summed E-state index contributed by atoms with van der Waals surface area (Å²) in [4.78, 5) is 42.3. The molecule has 0 fully saturated rings. The van der Waals surface area contributed by atoms with Gasteiger partial charge in [0, 0.05) is 23.5 Å². The fraction of sp³-hybridized carbons (Fsp3) is 0.333. The van der Waals surface area contributed by atoms with Crippen LogP contribution in [0.5, 0.6) is 0 Å². The quantitative estimate of drug-likeness (QED) is 0.445. The second-order valence-corrected chi connectivity index (χ2v) is 9.69. The van der Waals surface area contributed by atoms with Crippen molar-refractivity contribution < 1.29 is 32.2 Å². The molecule has 0 atom stereocenters. The molecule has 0 spiro atoms. The Morgan fingerprint density at radius 2 is 1.84 bits per heavy atom. The van der Waals surface area contributed by atoms with Crippen LogP contribution in [0.2, 0.25) is 0 Å². The number of carbonyl (C=O) groups is 2. The maximum absolute atomic E-state index is 15.5. The molecule has 1 aliphatic carbocycles. The van der Waals surface area contributed by atoms with Gasteiger partial charge >= 0.3 is 12.1 Å². The van der Waals surface area contributed by atoms with Gasteiger partial charge in [-0.1, -0.05) is 0 Å². The fourth-order valence-corrected chi connectivity index (χ4v) is 4.22. The number of nitrogens with one attached hydrogen (secondary N) is 1. The Labute approximate surface area is 216 Å². The van der Waals surface area contributed by atoms with E-state index in [1.54, 1.807) is 27.7 Å². The average molecular weight is 530 g/mol. The van der Waals surface area contributed by atoms with Gasteiger partial charge in [-0.2, -0.15) is 0 Å². The van der Waals surface area contributed by atoms with Crippen LogP contribution in [-0.2, 0) is 9.47 Å². The molecule has 3 aromatic rings. The van der Waals surface area contributed by atoms with E-state index in [2.05, 4.69) is 10.3 Å². The summed E-state index contributed by atoms with van der Waals surface area (Å²) in [5.74, 6) is -3.69. The zero-order valence-corrected chi connectivity index (χ0v) is 21.3. The Morgan fingerprint density at radius 1 is 1.11 bits per heavy atom. The molecule has 1 N–H and O–H groups in total. The van der Waals surface area contributed by atoms with Gasteiger partial charge in [0.2, 0.25) is 5.43 Å². The van der Waals surface area contributed by atoms with Crippen LogP contribution < -0.4 is 10.7 Å². The molecular formula is C27H26F3N3O5. The maximum atomic E-state index is 15.5. The van der Waals surface area contributed by atoms with Gasteiger partial charge in [0.05, 0.1) is 17.7 Å². The Morgan fingerprint density at radius 3 is 2.50 bits per heavy atom. The number of fused-ring (bicyclic) bond motifs is 1. The zero-order chi connectivity index (χ0) is 27.8. The van der Waals surface area contributed by atoms with Crippen LogP contribution >= 0.6 is 0 Å². The largest absolute Gasteiger partial charge is 0.462 e. The maximum Gasteiger partial charge on any atom is 0.411 e. The lowest BCUT2D eigenvalue weighted by Crippen LogP contribution is -2.32. The predicted octanol–water partition coefficient (Wildman–Crippen LogP) is 5.40. The minimum atomic E-state index is -0.996. The van der Waals surface area contributed by atoms with Crippen molar-refractivity contribution in [2.45, 2.75) is 52.6 Å².